The first-order chi connectivity index (χ1) is 11.6. The van der Waals surface area contributed by atoms with Gasteiger partial charge >= 0.3 is 0 Å². The summed E-state index contributed by atoms with van der Waals surface area (Å²) in [5.74, 6) is -0.324. The topological polar surface area (TPSA) is 65.8 Å². The van der Waals surface area contributed by atoms with Gasteiger partial charge in [-0.3, -0.25) is 10.1 Å². The highest BCUT2D eigenvalue weighted by atomic mass is 35.5. The Bertz CT molecular complexity index is 962. The molecule has 0 fully saturated rings. The summed E-state index contributed by atoms with van der Waals surface area (Å²) in [5.41, 5.74) is 2.22. The standard InChI is InChI=1S/C17H9Cl2N3OS/c18-12-4-5-13(14(19)7-12)15-9-24-17(21-15)22-16(23)11-3-1-2-10(6-11)8-20/h1-7,9H,(H,21,22,23). The second-order valence-electron chi connectivity index (χ2n) is 4.81. The van der Waals surface area contributed by atoms with Gasteiger partial charge in [0.05, 0.1) is 22.3 Å². The minimum atomic E-state index is -0.324. The number of thiazole rings is 1. The van der Waals surface area contributed by atoms with E-state index in [2.05, 4.69) is 10.3 Å². The number of nitrogens with one attached hydrogen (secondary N) is 1. The van der Waals surface area contributed by atoms with E-state index in [1.165, 1.54) is 17.4 Å². The largest absolute Gasteiger partial charge is 0.298 e. The smallest absolute Gasteiger partial charge is 0.257 e. The molecule has 0 aliphatic rings. The molecule has 1 amide bonds. The predicted molar refractivity (Wildman–Crippen MR) is 96.7 cm³/mol. The van der Waals surface area contributed by atoms with Crippen LogP contribution in [-0.4, -0.2) is 10.9 Å². The van der Waals surface area contributed by atoms with E-state index in [0.29, 0.717) is 32.0 Å². The Balaban J connectivity index is 1.81. The van der Waals surface area contributed by atoms with E-state index in [9.17, 15) is 4.79 Å². The third-order valence-corrected chi connectivity index (χ3v) is 4.49. The Morgan fingerprint density at radius 3 is 2.79 bits per heavy atom. The maximum Gasteiger partial charge on any atom is 0.257 e. The molecule has 0 aliphatic carbocycles. The van der Waals surface area contributed by atoms with E-state index in [4.69, 9.17) is 28.5 Å². The number of rotatable bonds is 3. The number of nitriles is 1. The lowest BCUT2D eigenvalue weighted by molar-refractivity contribution is 0.102. The fraction of sp³-hybridized carbons (Fsp3) is 0. The molecule has 118 valence electrons. The molecule has 2 aromatic carbocycles. The second kappa shape index (κ2) is 7.02. The van der Waals surface area contributed by atoms with Crippen LogP contribution in [0.25, 0.3) is 11.3 Å². The van der Waals surface area contributed by atoms with Crippen molar-refractivity contribution in [2.45, 2.75) is 0 Å². The van der Waals surface area contributed by atoms with Crippen LogP contribution in [0.3, 0.4) is 0 Å². The summed E-state index contributed by atoms with van der Waals surface area (Å²) >= 11 is 13.3. The van der Waals surface area contributed by atoms with Gasteiger partial charge in [0.2, 0.25) is 0 Å². The zero-order valence-electron chi connectivity index (χ0n) is 12.1. The van der Waals surface area contributed by atoms with Crippen LogP contribution in [0.1, 0.15) is 15.9 Å². The summed E-state index contributed by atoms with van der Waals surface area (Å²) in [7, 11) is 0. The Morgan fingerprint density at radius 1 is 1.21 bits per heavy atom. The van der Waals surface area contributed by atoms with Crippen molar-refractivity contribution in [2.24, 2.45) is 0 Å². The first-order valence-corrected chi connectivity index (χ1v) is 8.43. The molecular weight excluding hydrogens is 365 g/mol. The lowest BCUT2D eigenvalue weighted by Crippen LogP contribution is -2.11. The number of aromatic nitrogens is 1. The third-order valence-electron chi connectivity index (χ3n) is 3.19. The van der Waals surface area contributed by atoms with E-state index in [1.54, 1.807) is 41.8 Å². The molecule has 3 rings (SSSR count). The first-order valence-electron chi connectivity index (χ1n) is 6.79. The zero-order valence-corrected chi connectivity index (χ0v) is 14.4. The number of nitrogens with zero attached hydrogens (tertiary/aromatic N) is 2. The minimum absolute atomic E-state index is 0.324. The molecule has 0 saturated heterocycles. The lowest BCUT2D eigenvalue weighted by Gasteiger charge is -2.02. The Kier molecular flexibility index (Phi) is 4.81. The normalized spacial score (nSPS) is 10.2. The average Bonchev–Trinajstić information content (AvgIpc) is 3.03. The number of carbonyl (C=O) groups is 1. The molecule has 0 bridgehead atoms. The third kappa shape index (κ3) is 3.57. The van der Waals surface area contributed by atoms with Gasteiger partial charge in [0, 0.05) is 21.5 Å². The number of amides is 1. The van der Waals surface area contributed by atoms with Gasteiger partial charge in [-0.15, -0.1) is 11.3 Å². The molecule has 7 heteroatoms. The van der Waals surface area contributed by atoms with Crippen LogP contribution in [0.4, 0.5) is 5.13 Å². The summed E-state index contributed by atoms with van der Waals surface area (Å²) in [4.78, 5) is 16.6. The molecule has 1 heterocycles. The van der Waals surface area contributed by atoms with Crippen molar-refractivity contribution < 1.29 is 4.79 Å². The SMILES string of the molecule is N#Cc1cccc(C(=O)Nc2nc(-c3ccc(Cl)cc3Cl)cs2)c1. The number of halogens is 2. The number of anilines is 1. The summed E-state index contributed by atoms with van der Waals surface area (Å²) in [5, 5.41) is 14.9. The van der Waals surface area contributed by atoms with Crippen LogP contribution in [0.2, 0.25) is 10.0 Å². The van der Waals surface area contributed by atoms with Gasteiger partial charge in [-0.05, 0) is 36.4 Å². The van der Waals surface area contributed by atoms with Crippen molar-refractivity contribution >= 4 is 45.6 Å². The highest BCUT2D eigenvalue weighted by Gasteiger charge is 2.12. The summed E-state index contributed by atoms with van der Waals surface area (Å²) in [6.45, 7) is 0. The number of hydrogen-bond donors (Lipinski definition) is 1. The predicted octanol–water partition coefficient (Wildman–Crippen LogP) is 5.24. The van der Waals surface area contributed by atoms with Crippen LogP contribution < -0.4 is 5.32 Å². The van der Waals surface area contributed by atoms with E-state index >= 15 is 0 Å². The Morgan fingerprint density at radius 2 is 2.04 bits per heavy atom. The van der Waals surface area contributed by atoms with Gasteiger partial charge in [-0.2, -0.15) is 5.26 Å². The molecule has 1 aromatic heterocycles. The van der Waals surface area contributed by atoms with Crippen molar-refractivity contribution in [2.75, 3.05) is 5.32 Å². The highest BCUT2D eigenvalue weighted by Crippen LogP contribution is 2.32. The molecule has 1 N–H and O–H groups in total. The monoisotopic (exact) mass is 373 g/mol. The fourth-order valence-corrected chi connectivity index (χ4v) is 3.26. The molecule has 0 unspecified atom stereocenters. The molecule has 3 aromatic rings. The van der Waals surface area contributed by atoms with Crippen LogP contribution in [0.5, 0.6) is 0 Å². The van der Waals surface area contributed by atoms with Crippen molar-refractivity contribution in [3.05, 3.63) is 69.0 Å². The molecule has 0 saturated carbocycles. The maximum atomic E-state index is 12.2. The quantitative estimate of drug-likeness (QED) is 0.682. The summed E-state index contributed by atoms with van der Waals surface area (Å²) in [6, 6.07) is 13.6. The van der Waals surface area contributed by atoms with E-state index in [-0.39, 0.29) is 5.91 Å². The van der Waals surface area contributed by atoms with Gasteiger partial charge in [-0.25, -0.2) is 4.98 Å². The van der Waals surface area contributed by atoms with Crippen LogP contribution >= 0.6 is 34.5 Å². The number of benzene rings is 2. The second-order valence-corrected chi connectivity index (χ2v) is 6.51. The van der Waals surface area contributed by atoms with E-state index in [0.717, 1.165) is 5.56 Å². The fourth-order valence-electron chi connectivity index (χ4n) is 2.05. The van der Waals surface area contributed by atoms with E-state index in [1.807, 2.05) is 6.07 Å². The van der Waals surface area contributed by atoms with Gasteiger partial charge < -0.3 is 0 Å². The van der Waals surface area contributed by atoms with Crippen LogP contribution in [0, 0.1) is 11.3 Å². The van der Waals surface area contributed by atoms with Crippen molar-refractivity contribution in [3.8, 4) is 17.3 Å². The Labute approximate surface area is 152 Å². The number of carbonyl (C=O) groups excluding carboxylic acids is 1. The molecule has 4 nitrogen and oxygen atoms in total. The van der Waals surface area contributed by atoms with Crippen molar-refractivity contribution in [1.29, 1.82) is 5.26 Å². The molecule has 0 radical (unpaired) electrons. The Hall–Kier alpha value is -2.39. The van der Waals surface area contributed by atoms with Crippen LogP contribution in [0.15, 0.2) is 47.8 Å². The van der Waals surface area contributed by atoms with Crippen LogP contribution in [-0.2, 0) is 0 Å². The van der Waals surface area contributed by atoms with Gasteiger partial charge in [0.25, 0.3) is 5.91 Å². The highest BCUT2D eigenvalue weighted by molar-refractivity contribution is 7.14. The molecular formula is C17H9Cl2N3OS. The lowest BCUT2D eigenvalue weighted by atomic mass is 10.1. The molecule has 24 heavy (non-hydrogen) atoms. The van der Waals surface area contributed by atoms with Gasteiger partial charge in [0.15, 0.2) is 5.13 Å². The molecule has 0 atom stereocenters. The summed E-state index contributed by atoms with van der Waals surface area (Å²) < 4.78 is 0. The summed E-state index contributed by atoms with van der Waals surface area (Å²) in [6.07, 6.45) is 0. The molecule has 0 aliphatic heterocycles. The van der Waals surface area contributed by atoms with Gasteiger partial charge in [0.1, 0.15) is 0 Å². The zero-order chi connectivity index (χ0) is 17.1. The maximum absolute atomic E-state index is 12.2. The van der Waals surface area contributed by atoms with Gasteiger partial charge in [-0.1, -0.05) is 29.3 Å². The van der Waals surface area contributed by atoms with Crippen molar-refractivity contribution in [3.63, 3.8) is 0 Å². The van der Waals surface area contributed by atoms with Crippen molar-refractivity contribution in [1.82, 2.24) is 4.98 Å². The number of hydrogen-bond acceptors (Lipinski definition) is 4. The molecule has 0 spiro atoms. The average molecular weight is 374 g/mol. The minimum Gasteiger partial charge on any atom is -0.298 e. The van der Waals surface area contributed by atoms with E-state index < -0.39 is 0 Å². The first kappa shape index (κ1) is 16.5.